The average molecular weight is 211 g/mol. The Morgan fingerprint density at radius 1 is 1.67 bits per heavy atom. The topological polar surface area (TPSA) is 56.1 Å². The van der Waals surface area contributed by atoms with E-state index in [2.05, 4.69) is 10.3 Å². The first kappa shape index (κ1) is 11.7. The minimum absolute atomic E-state index is 0.0731. The summed E-state index contributed by atoms with van der Waals surface area (Å²) in [6, 6.07) is 0. The molecule has 0 aromatic carbocycles. The smallest absolute Gasteiger partial charge is 0.246 e. The minimum Gasteiger partial charge on any atom is -0.369 e. The first-order valence-corrected chi connectivity index (χ1v) is 4.94. The number of hydrogen-bond donors (Lipinski definition) is 1. The summed E-state index contributed by atoms with van der Waals surface area (Å²) in [6.07, 6.45) is 3.61. The van der Waals surface area contributed by atoms with Crippen LogP contribution in [0, 0.1) is 0 Å². The molecule has 1 rings (SSSR count). The van der Waals surface area contributed by atoms with Crippen molar-refractivity contribution in [3.63, 3.8) is 0 Å². The van der Waals surface area contributed by atoms with Crippen LogP contribution >= 0.6 is 0 Å². The van der Waals surface area contributed by atoms with Gasteiger partial charge in [0.15, 0.2) is 0 Å². The van der Waals surface area contributed by atoms with Crippen molar-refractivity contribution in [1.29, 1.82) is 0 Å². The summed E-state index contributed by atoms with van der Waals surface area (Å²) in [5.74, 6) is 0.708. The largest absolute Gasteiger partial charge is 0.369 e. The maximum absolute atomic E-state index is 11.3. The molecular formula is C10H17N3O2. The van der Waals surface area contributed by atoms with E-state index in [4.69, 9.17) is 4.74 Å². The summed E-state index contributed by atoms with van der Waals surface area (Å²) in [6.45, 7) is 4.32. The Labute approximate surface area is 89.4 Å². The van der Waals surface area contributed by atoms with E-state index in [0.717, 1.165) is 5.82 Å². The van der Waals surface area contributed by atoms with Gasteiger partial charge in [-0.1, -0.05) is 0 Å². The second-order valence-corrected chi connectivity index (χ2v) is 3.59. The van der Waals surface area contributed by atoms with Crippen LogP contribution in [-0.2, 0) is 23.1 Å². The second-order valence-electron chi connectivity index (χ2n) is 3.59. The molecule has 84 valence electrons. The van der Waals surface area contributed by atoms with Gasteiger partial charge in [-0.05, 0) is 13.8 Å². The van der Waals surface area contributed by atoms with Crippen molar-refractivity contribution >= 4 is 5.91 Å². The molecule has 0 bridgehead atoms. The Hall–Kier alpha value is -1.36. The molecule has 1 heterocycles. The number of aromatic nitrogens is 2. The van der Waals surface area contributed by atoms with Crippen LogP contribution in [0.2, 0.25) is 0 Å². The van der Waals surface area contributed by atoms with Gasteiger partial charge >= 0.3 is 0 Å². The summed E-state index contributed by atoms with van der Waals surface area (Å²) < 4.78 is 7.03. The fourth-order valence-electron chi connectivity index (χ4n) is 1.04. The van der Waals surface area contributed by atoms with Gasteiger partial charge in [0.05, 0.1) is 12.6 Å². The van der Waals surface area contributed by atoms with Crippen molar-refractivity contribution in [2.75, 3.05) is 6.61 Å². The van der Waals surface area contributed by atoms with Crippen LogP contribution in [0.25, 0.3) is 0 Å². The molecule has 0 aliphatic rings. The normalized spacial score (nSPS) is 10.7. The highest BCUT2D eigenvalue weighted by molar-refractivity contribution is 5.77. The molecule has 0 saturated carbocycles. The molecule has 5 heteroatoms. The lowest BCUT2D eigenvalue weighted by atomic mass is 10.5. The minimum atomic E-state index is -0.119. The Balaban J connectivity index is 2.26. The fraction of sp³-hybridized carbons (Fsp3) is 0.600. The molecule has 1 aromatic rings. The molecule has 5 nitrogen and oxygen atoms in total. The SMILES string of the molecule is CC(C)OCC(=O)NCc1nccn1C. The molecule has 15 heavy (non-hydrogen) atoms. The molecular weight excluding hydrogens is 194 g/mol. The lowest BCUT2D eigenvalue weighted by Crippen LogP contribution is -2.29. The number of imidazole rings is 1. The highest BCUT2D eigenvalue weighted by atomic mass is 16.5. The third-order valence-corrected chi connectivity index (χ3v) is 1.91. The van der Waals surface area contributed by atoms with E-state index >= 15 is 0 Å². The van der Waals surface area contributed by atoms with Gasteiger partial charge < -0.3 is 14.6 Å². The molecule has 0 fully saturated rings. The average Bonchev–Trinajstić information content (AvgIpc) is 2.58. The number of carbonyl (C=O) groups excluding carboxylic acids is 1. The van der Waals surface area contributed by atoms with Crippen molar-refractivity contribution in [3.05, 3.63) is 18.2 Å². The van der Waals surface area contributed by atoms with Crippen molar-refractivity contribution in [3.8, 4) is 0 Å². The molecule has 0 atom stereocenters. The number of nitrogens with zero attached hydrogens (tertiary/aromatic N) is 2. The Morgan fingerprint density at radius 3 is 2.93 bits per heavy atom. The van der Waals surface area contributed by atoms with Crippen molar-refractivity contribution in [2.45, 2.75) is 26.5 Å². The Morgan fingerprint density at radius 2 is 2.40 bits per heavy atom. The molecule has 1 N–H and O–H groups in total. The van der Waals surface area contributed by atoms with Gasteiger partial charge in [0.1, 0.15) is 12.4 Å². The molecule has 0 aliphatic heterocycles. The van der Waals surface area contributed by atoms with E-state index < -0.39 is 0 Å². The van der Waals surface area contributed by atoms with Gasteiger partial charge in [-0.2, -0.15) is 0 Å². The summed E-state index contributed by atoms with van der Waals surface area (Å²) in [4.78, 5) is 15.4. The number of hydrogen-bond acceptors (Lipinski definition) is 3. The first-order chi connectivity index (χ1) is 7.09. The zero-order valence-electron chi connectivity index (χ0n) is 9.36. The van der Waals surface area contributed by atoms with Crippen LogP contribution in [0.5, 0.6) is 0 Å². The van der Waals surface area contributed by atoms with Gasteiger partial charge in [0.2, 0.25) is 5.91 Å². The van der Waals surface area contributed by atoms with Gasteiger partial charge in [-0.15, -0.1) is 0 Å². The van der Waals surface area contributed by atoms with Crippen molar-refractivity contribution in [2.24, 2.45) is 7.05 Å². The van der Waals surface area contributed by atoms with E-state index in [9.17, 15) is 4.79 Å². The number of aryl methyl sites for hydroxylation is 1. The van der Waals surface area contributed by atoms with Crippen LogP contribution in [0.1, 0.15) is 19.7 Å². The first-order valence-electron chi connectivity index (χ1n) is 4.94. The number of amides is 1. The number of nitrogens with one attached hydrogen (secondary N) is 1. The summed E-state index contributed by atoms with van der Waals surface area (Å²) in [5.41, 5.74) is 0. The van der Waals surface area contributed by atoms with Gasteiger partial charge in [-0.3, -0.25) is 4.79 Å². The second kappa shape index (κ2) is 5.50. The van der Waals surface area contributed by atoms with E-state index in [1.807, 2.05) is 31.7 Å². The van der Waals surface area contributed by atoms with E-state index in [-0.39, 0.29) is 18.6 Å². The predicted octanol–water partition coefficient (Wildman–Crippen LogP) is 0.461. The molecule has 0 spiro atoms. The van der Waals surface area contributed by atoms with Gasteiger partial charge in [0.25, 0.3) is 0 Å². The third kappa shape index (κ3) is 4.12. The molecule has 0 aliphatic carbocycles. The van der Waals surface area contributed by atoms with Gasteiger partial charge in [0, 0.05) is 19.4 Å². The Bertz CT molecular complexity index is 320. The van der Waals surface area contributed by atoms with Crippen LogP contribution in [0.4, 0.5) is 0 Å². The lowest BCUT2D eigenvalue weighted by Gasteiger charge is -2.08. The summed E-state index contributed by atoms with van der Waals surface area (Å²) in [5, 5.41) is 2.73. The summed E-state index contributed by atoms with van der Waals surface area (Å²) in [7, 11) is 1.89. The van der Waals surface area contributed by atoms with Crippen LogP contribution in [0.3, 0.4) is 0 Å². The number of rotatable bonds is 5. The molecule has 0 saturated heterocycles. The maximum Gasteiger partial charge on any atom is 0.246 e. The van der Waals surface area contributed by atoms with Crippen LogP contribution in [0.15, 0.2) is 12.4 Å². The molecule has 1 aromatic heterocycles. The zero-order chi connectivity index (χ0) is 11.3. The van der Waals surface area contributed by atoms with Gasteiger partial charge in [-0.25, -0.2) is 4.98 Å². The highest BCUT2D eigenvalue weighted by Crippen LogP contribution is 1.93. The highest BCUT2D eigenvalue weighted by Gasteiger charge is 2.04. The standard InChI is InChI=1S/C10H17N3O2/c1-8(2)15-7-10(14)12-6-9-11-4-5-13(9)3/h4-5,8H,6-7H2,1-3H3,(H,12,14). The monoisotopic (exact) mass is 211 g/mol. The lowest BCUT2D eigenvalue weighted by molar-refractivity contribution is -0.127. The molecule has 0 unspecified atom stereocenters. The third-order valence-electron chi connectivity index (χ3n) is 1.91. The van der Waals surface area contributed by atoms with Crippen molar-refractivity contribution in [1.82, 2.24) is 14.9 Å². The number of ether oxygens (including phenoxy) is 1. The maximum atomic E-state index is 11.3. The Kier molecular flexibility index (Phi) is 4.30. The molecule has 1 amide bonds. The summed E-state index contributed by atoms with van der Waals surface area (Å²) >= 11 is 0. The molecule has 0 radical (unpaired) electrons. The van der Waals surface area contributed by atoms with E-state index in [1.54, 1.807) is 6.20 Å². The predicted molar refractivity (Wildman–Crippen MR) is 56.1 cm³/mol. The van der Waals surface area contributed by atoms with Crippen molar-refractivity contribution < 1.29 is 9.53 Å². The van der Waals surface area contributed by atoms with Crippen LogP contribution in [-0.4, -0.2) is 28.2 Å². The number of carbonyl (C=O) groups is 1. The quantitative estimate of drug-likeness (QED) is 0.770. The van der Waals surface area contributed by atoms with Crippen LogP contribution < -0.4 is 5.32 Å². The zero-order valence-corrected chi connectivity index (χ0v) is 9.36. The fourth-order valence-corrected chi connectivity index (χ4v) is 1.04. The van der Waals surface area contributed by atoms with E-state index in [1.165, 1.54) is 0 Å². The van der Waals surface area contributed by atoms with E-state index in [0.29, 0.717) is 6.54 Å².